The molecule has 0 radical (unpaired) electrons. The summed E-state index contributed by atoms with van der Waals surface area (Å²) < 4.78 is 10.8. The Balaban J connectivity index is 1.78. The molecular formula is C14H20O3. The number of rotatable bonds is 7. The average molecular weight is 236 g/mol. The van der Waals surface area contributed by atoms with E-state index in [1.54, 1.807) is 0 Å². The minimum atomic E-state index is -0.538. The lowest BCUT2D eigenvalue weighted by Gasteiger charge is -2.12. The molecule has 1 atom stereocenters. The van der Waals surface area contributed by atoms with E-state index in [0.717, 1.165) is 23.8 Å². The van der Waals surface area contributed by atoms with Crippen LogP contribution in [0.15, 0.2) is 24.3 Å². The molecule has 1 fully saturated rings. The predicted octanol–water partition coefficient (Wildman–Crippen LogP) is 2.55. The third-order valence-corrected chi connectivity index (χ3v) is 2.90. The van der Waals surface area contributed by atoms with E-state index in [-0.39, 0.29) is 0 Å². The number of aliphatic hydroxyl groups is 1. The van der Waals surface area contributed by atoms with Crippen LogP contribution in [-0.4, -0.2) is 24.9 Å². The minimum Gasteiger partial charge on any atom is -0.494 e. The van der Waals surface area contributed by atoms with Gasteiger partial charge >= 0.3 is 0 Å². The summed E-state index contributed by atoms with van der Waals surface area (Å²) in [7, 11) is 0. The topological polar surface area (TPSA) is 38.7 Å². The van der Waals surface area contributed by atoms with Crippen LogP contribution in [-0.2, 0) is 4.74 Å². The normalized spacial score (nSPS) is 16.8. The van der Waals surface area contributed by atoms with Crippen molar-refractivity contribution in [1.29, 1.82) is 0 Å². The zero-order valence-corrected chi connectivity index (χ0v) is 10.3. The van der Waals surface area contributed by atoms with Crippen molar-refractivity contribution >= 4 is 0 Å². The summed E-state index contributed by atoms with van der Waals surface area (Å²) in [5.41, 5.74) is 0.879. The van der Waals surface area contributed by atoms with Crippen molar-refractivity contribution < 1.29 is 14.6 Å². The first-order valence-electron chi connectivity index (χ1n) is 6.28. The third-order valence-electron chi connectivity index (χ3n) is 2.90. The zero-order chi connectivity index (χ0) is 12.1. The SMILES string of the molecule is CCOc1ccc(C(O)COCC2CC2)cc1. The highest BCUT2D eigenvalue weighted by atomic mass is 16.5. The quantitative estimate of drug-likeness (QED) is 0.790. The Morgan fingerprint density at radius 3 is 2.59 bits per heavy atom. The lowest BCUT2D eigenvalue weighted by atomic mass is 10.1. The van der Waals surface area contributed by atoms with Crippen molar-refractivity contribution in [2.24, 2.45) is 5.92 Å². The molecule has 3 heteroatoms. The fourth-order valence-electron chi connectivity index (χ4n) is 1.68. The Labute approximate surface area is 102 Å². The monoisotopic (exact) mass is 236 g/mol. The second-order valence-corrected chi connectivity index (χ2v) is 4.50. The summed E-state index contributed by atoms with van der Waals surface area (Å²) in [6, 6.07) is 7.53. The van der Waals surface area contributed by atoms with Crippen LogP contribution >= 0.6 is 0 Å². The van der Waals surface area contributed by atoms with Gasteiger partial charge in [-0.25, -0.2) is 0 Å². The van der Waals surface area contributed by atoms with Crippen LogP contribution in [0.1, 0.15) is 31.4 Å². The molecule has 1 aliphatic carbocycles. The first kappa shape index (κ1) is 12.4. The number of ether oxygens (including phenoxy) is 2. The number of hydrogen-bond acceptors (Lipinski definition) is 3. The molecule has 1 aromatic carbocycles. The molecule has 0 heterocycles. The van der Waals surface area contributed by atoms with Crippen LogP contribution in [0.3, 0.4) is 0 Å². The molecule has 3 nitrogen and oxygen atoms in total. The van der Waals surface area contributed by atoms with Gasteiger partial charge in [0.05, 0.1) is 13.2 Å². The highest BCUT2D eigenvalue weighted by Gasteiger charge is 2.21. The van der Waals surface area contributed by atoms with Gasteiger partial charge in [0.15, 0.2) is 0 Å². The second-order valence-electron chi connectivity index (χ2n) is 4.50. The largest absolute Gasteiger partial charge is 0.494 e. The van der Waals surface area contributed by atoms with E-state index in [2.05, 4.69) is 0 Å². The third kappa shape index (κ3) is 4.02. The number of hydrogen-bond donors (Lipinski definition) is 1. The van der Waals surface area contributed by atoms with Gasteiger partial charge in [-0.2, -0.15) is 0 Å². The predicted molar refractivity (Wildman–Crippen MR) is 66.1 cm³/mol. The number of benzene rings is 1. The molecule has 94 valence electrons. The van der Waals surface area contributed by atoms with Gasteiger partial charge in [0.1, 0.15) is 11.9 Å². The van der Waals surface area contributed by atoms with Crippen molar-refractivity contribution in [2.75, 3.05) is 19.8 Å². The Bertz CT molecular complexity index is 330. The van der Waals surface area contributed by atoms with Gasteiger partial charge < -0.3 is 14.6 Å². The summed E-state index contributed by atoms with van der Waals surface area (Å²) in [5, 5.41) is 9.91. The Hall–Kier alpha value is -1.06. The van der Waals surface area contributed by atoms with E-state index in [1.165, 1.54) is 12.8 Å². The van der Waals surface area contributed by atoms with E-state index >= 15 is 0 Å². The molecule has 1 aromatic rings. The standard InChI is InChI=1S/C14H20O3/c1-2-17-13-7-5-12(6-8-13)14(15)10-16-9-11-3-4-11/h5-8,11,14-15H,2-4,9-10H2,1H3. The lowest BCUT2D eigenvalue weighted by Crippen LogP contribution is -2.08. The molecule has 0 aromatic heterocycles. The smallest absolute Gasteiger partial charge is 0.119 e. The van der Waals surface area contributed by atoms with Crippen molar-refractivity contribution in [3.05, 3.63) is 29.8 Å². The summed E-state index contributed by atoms with van der Waals surface area (Å²) >= 11 is 0. The summed E-state index contributed by atoms with van der Waals surface area (Å²) in [5.74, 6) is 1.57. The molecule has 2 rings (SSSR count). The first-order chi connectivity index (χ1) is 8.29. The van der Waals surface area contributed by atoms with Gasteiger partial charge in [-0.3, -0.25) is 0 Å². The Morgan fingerprint density at radius 1 is 1.29 bits per heavy atom. The van der Waals surface area contributed by atoms with Crippen LogP contribution in [0.5, 0.6) is 5.75 Å². The fraction of sp³-hybridized carbons (Fsp3) is 0.571. The van der Waals surface area contributed by atoms with Gasteiger partial charge in [0.2, 0.25) is 0 Å². The highest BCUT2D eigenvalue weighted by molar-refractivity contribution is 5.28. The lowest BCUT2D eigenvalue weighted by molar-refractivity contribution is 0.0315. The molecule has 17 heavy (non-hydrogen) atoms. The van der Waals surface area contributed by atoms with Crippen LogP contribution in [0, 0.1) is 5.92 Å². The minimum absolute atomic E-state index is 0.379. The summed E-state index contributed by atoms with van der Waals surface area (Å²) in [6.07, 6.45) is 2.02. The molecule has 0 spiro atoms. The molecule has 0 bridgehead atoms. The molecule has 0 aliphatic heterocycles. The van der Waals surface area contributed by atoms with Gasteiger partial charge in [0, 0.05) is 6.61 Å². The average Bonchev–Trinajstić information content (AvgIpc) is 3.14. The van der Waals surface area contributed by atoms with Gasteiger partial charge in [-0.1, -0.05) is 12.1 Å². The van der Waals surface area contributed by atoms with Crippen molar-refractivity contribution in [3.63, 3.8) is 0 Å². The molecule has 1 unspecified atom stereocenters. The van der Waals surface area contributed by atoms with Crippen LogP contribution < -0.4 is 4.74 Å². The molecule has 1 N–H and O–H groups in total. The van der Waals surface area contributed by atoms with Gasteiger partial charge in [0.25, 0.3) is 0 Å². The van der Waals surface area contributed by atoms with Gasteiger partial charge in [-0.05, 0) is 43.4 Å². The maximum atomic E-state index is 9.91. The van der Waals surface area contributed by atoms with Crippen molar-refractivity contribution in [1.82, 2.24) is 0 Å². The maximum Gasteiger partial charge on any atom is 0.119 e. The molecule has 0 saturated heterocycles. The van der Waals surface area contributed by atoms with E-state index in [4.69, 9.17) is 9.47 Å². The van der Waals surface area contributed by atoms with Crippen molar-refractivity contribution in [2.45, 2.75) is 25.9 Å². The first-order valence-corrected chi connectivity index (χ1v) is 6.28. The summed E-state index contributed by atoms with van der Waals surface area (Å²) in [4.78, 5) is 0. The van der Waals surface area contributed by atoms with E-state index < -0.39 is 6.10 Å². The molecule has 1 aliphatic rings. The molecular weight excluding hydrogens is 216 g/mol. The number of aliphatic hydroxyl groups excluding tert-OH is 1. The van der Waals surface area contributed by atoms with E-state index in [0.29, 0.717) is 13.2 Å². The highest BCUT2D eigenvalue weighted by Crippen LogP contribution is 2.29. The zero-order valence-electron chi connectivity index (χ0n) is 10.3. The van der Waals surface area contributed by atoms with Gasteiger partial charge in [-0.15, -0.1) is 0 Å². The van der Waals surface area contributed by atoms with E-state index in [1.807, 2.05) is 31.2 Å². The van der Waals surface area contributed by atoms with Crippen molar-refractivity contribution in [3.8, 4) is 5.75 Å². The fourth-order valence-corrected chi connectivity index (χ4v) is 1.68. The van der Waals surface area contributed by atoms with E-state index in [9.17, 15) is 5.11 Å². The summed E-state index contributed by atoms with van der Waals surface area (Å²) in [6.45, 7) is 3.78. The molecule has 0 amide bonds. The van der Waals surface area contributed by atoms with Crippen LogP contribution in [0.2, 0.25) is 0 Å². The van der Waals surface area contributed by atoms with Crippen LogP contribution in [0.25, 0.3) is 0 Å². The Kier molecular flexibility index (Phi) is 4.40. The Morgan fingerprint density at radius 2 is 2.00 bits per heavy atom. The van der Waals surface area contributed by atoms with Crippen LogP contribution in [0.4, 0.5) is 0 Å². The second kappa shape index (κ2) is 6.03. The molecule has 1 saturated carbocycles. The maximum absolute atomic E-state index is 9.91.